The second kappa shape index (κ2) is 9.27. The van der Waals surface area contributed by atoms with Gasteiger partial charge in [0.2, 0.25) is 5.91 Å². The molecule has 0 unspecified atom stereocenters. The van der Waals surface area contributed by atoms with E-state index in [1.165, 1.54) is 32.3 Å². The molecule has 3 rings (SSSR count). The number of hydrogen-bond donors (Lipinski definition) is 1. The molecule has 2 aromatic carbocycles. The second-order valence-corrected chi connectivity index (χ2v) is 9.06. The summed E-state index contributed by atoms with van der Waals surface area (Å²) < 4.78 is 43.4. The van der Waals surface area contributed by atoms with E-state index in [1.807, 2.05) is 42.0 Å². The third kappa shape index (κ3) is 4.92. The van der Waals surface area contributed by atoms with Gasteiger partial charge in [0.1, 0.15) is 18.2 Å². The van der Waals surface area contributed by atoms with Crippen LogP contribution in [0.25, 0.3) is 5.69 Å². The standard InChI is InChI=1S/C21H24FN5O3S/c1-16-23-12-13-26(16)19-10-6-4-8-17(19)14-24-21(28)15-27(31(29,30)25(2)3)20-11-7-5-9-18(20)22/h4-13H,14-15H2,1-3H3,(H,24,28). The van der Waals surface area contributed by atoms with E-state index >= 15 is 0 Å². The Bertz CT molecular complexity index is 1180. The predicted molar refractivity (Wildman–Crippen MR) is 117 cm³/mol. The summed E-state index contributed by atoms with van der Waals surface area (Å²) in [5.41, 5.74) is 1.48. The minimum Gasteiger partial charge on any atom is -0.350 e. The van der Waals surface area contributed by atoms with Crippen molar-refractivity contribution in [3.8, 4) is 5.69 Å². The third-order valence-electron chi connectivity index (χ3n) is 4.70. The molecular formula is C21H24FN5O3S. The largest absolute Gasteiger partial charge is 0.350 e. The molecule has 0 radical (unpaired) electrons. The number of hydrogen-bond acceptors (Lipinski definition) is 4. The van der Waals surface area contributed by atoms with Crippen molar-refractivity contribution < 1.29 is 17.6 Å². The zero-order valence-corrected chi connectivity index (χ0v) is 18.3. The van der Waals surface area contributed by atoms with E-state index in [4.69, 9.17) is 0 Å². The lowest BCUT2D eigenvalue weighted by Crippen LogP contribution is -2.46. The van der Waals surface area contributed by atoms with E-state index in [9.17, 15) is 17.6 Å². The Hall–Kier alpha value is -3.24. The fraction of sp³-hybridized carbons (Fsp3) is 0.238. The summed E-state index contributed by atoms with van der Waals surface area (Å²) in [4.78, 5) is 16.9. The van der Waals surface area contributed by atoms with Crippen LogP contribution in [-0.2, 0) is 21.5 Å². The van der Waals surface area contributed by atoms with E-state index < -0.39 is 28.5 Å². The first-order chi connectivity index (χ1) is 14.7. The highest BCUT2D eigenvalue weighted by Crippen LogP contribution is 2.23. The van der Waals surface area contributed by atoms with Crippen molar-refractivity contribution in [2.75, 3.05) is 24.9 Å². The lowest BCUT2D eigenvalue weighted by Gasteiger charge is -2.27. The van der Waals surface area contributed by atoms with Crippen LogP contribution < -0.4 is 9.62 Å². The van der Waals surface area contributed by atoms with Gasteiger partial charge in [0.15, 0.2) is 0 Å². The van der Waals surface area contributed by atoms with Crippen molar-refractivity contribution >= 4 is 21.8 Å². The summed E-state index contributed by atoms with van der Waals surface area (Å²) in [6.07, 6.45) is 3.50. The van der Waals surface area contributed by atoms with Crippen LogP contribution in [0, 0.1) is 12.7 Å². The zero-order valence-electron chi connectivity index (χ0n) is 17.5. The van der Waals surface area contributed by atoms with Crippen molar-refractivity contribution in [2.24, 2.45) is 0 Å². The van der Waals surface area contributed by atoms with Gasteiger partial charge < -0.3 is 9.88 Å². The van der Waals surface area contributed by atoms with Crippen LogP contribution in [-0.4, -0.2) is 48.8 Å². The molecule has 0 saturated heterocycles. The van der Waals surface area contributed by atoms with Gasteiger partial charge in [0.05, 0.1) is 11.4 Å². The lowest BCUT2D eigenvalue weighted by atomic mass is 10.1. The number of halogens is 1. The Balaban J connectivity index is 1.81. The number of imidazole rings is 1. The van der Waals surface area contributed by atoms with E-state index in [1.54, 1.807) is 6.20 Å². The van der Waals surface area contributed by atoms with E-state index in [0.29, 0.717) is 0 Å². The summed E-state index contributed by atoms with van der Waals surface area (Å²) in [5.74, 6) is -0.505. The summed E-state index contributed by atoms with van der Waals surface area (Å²) in [7, 11) is -1.44. The van der Waals surface area contributed by atoms with Gasteiger partial charge >= 0.3 is 10.2 Å². The maximum atomic E-state index is 14.3. The molecule has 1 heterocycles. The summed E-state index contributed by atoms with van der Waals surface area (Å²) in [5, 5.41) is 2.73. The number of nitrogens with zero attached hydrogens (tertiary/aromatic N) is 4. The predicted octanol–water partition coefficient (Wildman–Crippen LogP) is 2.25. The molecule has 8 nitrogen and oxygen atoms in total. The molecule has 0 aliphatic carbocycles. The third-order valence-corrected chi connectivity index (χ3v) is 6.51. The first-order valence-corrected chi connectivity index (χ1v) is 10.9. The van der Waals surface area contributed by atoms with Gasteiger partial charge in [0.25, 0.3) is 0 Å². The van der Waals surface area contributed by atoms with Crippen LogP contribution in [0.4, 0.5) is 10.1 Å². The monoisotopic (exact) mass is 445 g/mol. The molecule has 0 fully saturated rings. The Morgan fingerprint density at radius 1 is 1.13 bits per heavy atom. The first kappa shape index (κ1) is 22.4. The van der Waals surface area contributed by atoms with Crippen LogP contribution in [0.5, 0.6) is 0 Å². The second-order valence-electron chi connectivity index (χ2n) is 7.00. The number of rotatable bonds is 8. The fourth-order valence-electron chi connectivity index (χ4n) is 3.05. The highest BCUT2D eigenvalue weighted by Gasteiger charge is 2.29. The van der Waals surface area contributed by atoms with Gasteiger partial charge in [0, 0.05) is 33.0 Å². The van der Waals surface area contributed by atoms with Gasteiger partial charge in [-0.15, -0.1) is 0 Å². The van der Waals surface area contributed by atoms with Crippen molar-refractivity contribution in [2.45, 2.75) is 13.5 Å². The molecule has 0 aliphatic rings. The molecule has 1 N–H and O–H groups in total. The molecule has 10 heteroatoms. The Kier molecular flexibility index (Phi) is 6.71. The Morgan fingerprint density at radius 2 is 1.81 bits per heavy atom. The smallest absolute Gasteiger partial charge is 0.304 e. The lowest BCUT2D eigenvalue weighted by molar-refractivity contribution is -0.119. The van der Waals surface area contributed by atoms with Crippen molar-refractivity contribution in [3.05, 3.63) is 78.1 Å². The normalized spacial score (nSPS) is 11.5. The molecule has 0 saturated carbocycles. The highest BCUT2D eigenvalue weighted by molar-refractivity contribution is 7.90. The zero-order chi connectivity index (χ0) is 22.6. The van der Waals surface area contributed by atoms with Gasteiger partial charge in [-0.1, -0.05) is 30.3 Å². The average Bonchev–Trinajstić information content (AvgIpc) is 3.17. The fourth-order valence-corrected chi connectivity index (χ4v) is 4.12. The SMILES string of the molecule is Cc1nccn1-c1ccccc1CNC(=O)CN(c1ccccc1F)S(=O)(=O)N(C)C. The number of carbonyl (C=O) groups excluding carboxylic acids is 1. The van der Waals surface area contributed by atoms with Crippen LogP contribution in [0.2, 0.25) is 0 Å². The number of para-hydroxylation sites is 2. The molecule has 0 atom stereocenters. The van der Waals surface area contributed by atoms with Crippen molar-refractivity contribution in [1.82, 2.24) is 19.2 Å². The number of carbonyl (C=O) groups is 1. The molecule has 0 aliphatic heterocycles. The summed E-state index contributed by atoms with van der Waals surface area (Å²) >= 11 is 0. The number of benzene rings is 2. The molecule has 1 aromatic heterocycles. The molecule has 1 amide bonds. The molecule has 0 bridgehead atoms. The topological polar surface area (TPSA) is 87.5 Å². The van der Waals surface area contributed by atoms with E-state index in [0.717, 1.165) is 31.8 Å². The molecule has 164 valence electrons. The molecule has 3 aromatic rings. The van der Waals surface area contributed by atoms with Crippen molar-refractivity contribution in [3.63, 3.8) is 0 Å². The summed E-state index contributed by atoms with van der Waals surface area (Å²) in [6.45, 7) is 1.47. The van der Waals surface area contributed by atoms with Gasteiger partial charge in [-0.3, -0.25) is 4.79 Å². The van der Waals surface area contributed by atoms with Crippen LogP contribution in [0.3, 0.4) is 0 Å². The van der Waals surface area contributed by atoms with Crippen molar-refractivity contribution in [1.29, 1.82) is 0 Å². The van der Waals surface area contributed by atoms with Gasteiger partial charge in [-0.05, 0) is 30.7 Å². The van der Waals surface area contributed by atoms with E-state index in [2.05, 4.69) is 10.3 Å². The number of amides is 1. The quantitative estimate of drug-likeness (QED) is 0.576. The van der Waals surface area contributed by atoms with Gasteiger partial charge in [-0.25, -0.2) is 13.7 Å². The maximum absolute atomic E-state index is 14.3. The van der Waals surface area contributed by atoms with E-state index in [-0.39, 0.29) is 12.2 Å². The van der Waals surface area contributed by atoms with Crippen LogP contribution >= 0.6 is 0 Å². The van der Waals surface area contributed by atoms with Crippen LogP contribution in [0.1, 0.15) is 11.4 Å². The Labute approximate surface area is 181 Å². The Morgan fingerprint density at radius 3 is 2.45 bits per heavy atom. The number of aryl methyl sites for hydroxylation is 1. The highest BCUT2D eigenvalue weighted by atomic mass is 32.2. The first-order valence-electron chi connectivity index (χ1n) is 9.51. The number of anilines is 1. The maximum Gasteiger partial charge on any atom is 0.304 e. The minimum absolute atomic E-state index is 0.166. The number of nitrogens with one attached hydrogen (secondary N) is 1. The minimum atomic E-state index is -4.09. The van der Waals surface area contributed by atoms with Crippen LogP contribution in [0.15, 0.2) is 60.9 Å². The molecule has 31 heavy (non-hydrogen) atoms. The average molecular weight is 446 g/mol. The molecular weight excluding hydrogens is 421 g/mol. The summed E-state index contributed by atoms with van der Waals surface area (Å²) in [6, 6.07) is 12.9. The van der Waals surface area contributed by atoms with Gasteiger partial charge in [-0.2, -0.15) is 12.7 Å². The number of aromatic nitrogens is 2. The molecule has 0 spiro atoms.